The van der Waals surface area contributed by atoms with E-state index in [0.717, 1.165) is 0 Å². The zero-order chi connectivity index (χ0) is 48.8. The molecule has 0 spiro atoms. The van der Waals surface area contributed by atoms with Crippen molar-refractivity contribution in [3.63, 3.8) is 0 Å². The Labute approximate surface area is 345 Å². The number of hydrogen-bond donors (Lipinski definition) is 1. The fraction of sp³-hybridized carbons (Fsp3) is 0. The number of carboxylic acid groups (broad SMARTS) is 1. The second-order valence-corrected chi connectivity index (χ2v) is 4.63. The first kappa shape index (κ1) is 64.7. The molecule has 0 bridgehead atoms. The van der Waals surface area contributed by atoms with Crippen molar-refractivity contribution in [2.45, 2.75) is 0 Å². The van der Waals surface area contributed by atoms with Gasteiger partial charge in [0.2, 0.25) is 0 Å². The lowest BCUT2D eigenvalue weighted by molar-refractivity contribution is -0.912. The second kappa shape index (κ2) is 61.7. The van der Waals surface area contributed by atoms with Gasteiger partial charge in [-0.2, -0.15) is 0 Å². The van der Waals surface area contributed by atoms with E-state index in [2.05, 4.69) is 322 Å². The van der Waals surface area contributed by atoms with E-state index < -0.39 is 6.16 Å². The van der Waals surface area contributed by atoms with Crippen molar-refractivity contribution in [1.29, 1.82) is 0 Å². The summed E-state index contributed by atoms with van der Waals surface area (Å²) in [5, 5.41) is 235. The Morgan fingerprint density at radius 1 is 0.176 bits per heavy atom. The van der Waals surface area contributed by atoms with E-state index >= 15 is 0 Å². The first-order valence-corrected chi connectivity index (χ1v) is 11.3. The van der Waals surface area contributed by atoms with Crippen LogP contribution in [0.1, 0.15) is 0 Å². The van der Waals surface area contributed by atoms with Crippen LogP contribution in [-0.2, 0) is 322 Å². The van der Waals surface area contributed by atoms with Gasteiger partial charge in [-0.3, -0.25) is 0 Å². The molecule has 0 saturated heterocycles. The molecular formula is CHO67-. The Morgan fingerprint density at radius 2 is 0.265 bits per heavy atom. The molecule has 0 saturated carbocycles. The molecule has 408 valence electrons. The van der Waals surface area contributed by atoms with E-state index in [4.69, 9.17) is 5.26 Å². The molecule has 0 aromatic rings. The van der Waals surface area contributed by atoms with Crippen LogP contribution in [0.25, 0.3) is 0 Å². The van der Waals surface area contributed by atoms with Gasteiger partial charge in [-0.25, -0.2) is 5.26 Å². The first-order valence-electron chi connectivity index (χ1n) is 11.3. The molecule has 0 fully saturated rings. The molecule has 0 heterocycles. The van der Waals surface area contributed by atoms with E-state index in [1.54, 1.807) is 0 Å². The average Bonchev–Trinajstić information content (AvgIpc) is 3.34. The van der Waals surface area contributed by atoms with Crippen molar-refractivity contribution in [1.82, 2.24) is 0 Å². The maximum absolute atomic E-state index is 9.66. The maximum atomic E-state index is 9.66. The van der Waals surface area contributed by atoms with Gasteiger partial charge < -0.3 is 14.8 Å². The van der Waals surface area contributed by atoms with Crippen molar-refractivity contribution < 1.29 is 337 Å². The van der Waals surface area contributed by atoms with Crippen LogP contribution >= 0.6 is 0 Å². The molecular weight excluding hydrogens is 1080 g/mol. The molecule has 0 unspecified atom stereocenters. The van der Waals surface area contributed by atoms with Crippen molar-refractivity contribution >= 4 is 6.16 Å². The van der Waals surface area contributed by atoms with Crippen molar-refractivity contribution in [2.24, 2.45) is 0 Å². The fourth-order valence-electron chi connectivity index (χ4n) is 0.735. The summed E-state index contributed by atoms with van der Waals surface area (Å²) in [6, 6.07) is 0. The van der Waals surface area contributed by atoms with Gasteiger partial charge in [0.15, 0.2) is 0 Å². The van der Waals surface area contributed by atoms with Gasteiger partial charge in [-0.05, 0) is 80.6 Å². The zero-order valence-corrected chi connectivity index (χ0v) is 27.9. The molecule has 0 aliphatic carbocycles. The predicted molar refractivity (Wildman–Crippen MR) is 77.5 cm³/mol. The number of rotatable bonds is 63. The molecule has 67 heteroatoms. The summed E-state index contributed by atoms with van der Waals surface area (Å²) in [7, 11) is 0. The molecule has 0 aromatic carbocycles. The lowest BCUT2D eigenvalue weighted by Gasteiger charge is -2.02. The summed E-state index contributed by atoms with van der Waals surface area (Å²) in [5.74, 6) is 0. The molecule has 0 aliphatic rings. The Morgan fingerprint density at radius 3 is 0.353 bits per heavy atom. The molecule has 68 heavy (non-hydrogen) atoms. The highest BCUT2D eigenvalue weighted by atomic mass is 18.1. The van der Waals surface area contributed by atoms with Gasteiger partial charge >= 0.3 is 0 Å². The molecule has 67 nitrogen and oxygen atoms in total. The zero-order valence-electron chi connectivity index (χ0n) is 27.9. The van der Waals surface area contributed by atoms with E-state index in [0.29, 0.717) is 0 Å². The van der Waals surface area contributed by atoms with Gasteiger partial charge in [0.05, 0.1) is 0 Å². The third kappa shape index (κ3) is 62.7. The highest BCUT2D eigenvalue weighted by Crippen LogP contribution is 1.99. The molecule has 0 aliphatic heterocycles. The van der Waals surface area contributed by atoms with Gasteiger partial charge in [-0.1, -0.05) is 5.04 Å². The Kier molecular flexibility index (Phi) is 58.7. The summed E-state index contributed by atoms with van der Waals surface area (Å²) in [5.41, 5.74) is 0. The quantitative estimate of drug-likeness (QED) is 0.0337. The van der Waals surface area contributed by atoms with Gasteiger partial charge in [0.25, 0.3) is 6.16 Å². The molecule has 0 radical (unpaired) electrons. The monoisotopic (exact) mass is 1080 g/mol. The third-order valence-corrected chi connectivity index (χ3v) is 1.83. The van der Waals surface area contributed by atoms with Crippen LogP contribution in [0.4, 0.5) is 4.79 Å². The van der Waals surface area contributed by atoms with Crippen LogP contribution in [-0.4, -0.2) is 11.4 Å². The summed E-state index contributed by atoms with van der Waals surface area (Å²) < 4.78 is 0. The van der Waals surface area contributed by atoms with Crippen LogP contribution in [0.5, 0.6) is 0 Å². The van der Waals surface area contributed by atoms with E-state index in [1.807, 2.05) is 0 Å². The smallest absolute Gasteiger partial charge is 0.281 e. The lowest BCUT2D eigenvalue weighted by Crippen LogP contribution is -2.23. The molecule has 0 atom stereocenters. The molecule has 0 amide bonds. The number of hydrogen-bond acceptors (Lipinski definition) is 67. The lowest BCUT2D eigenvalue weighted by atomic mass is 11.4. The van der Waals surface area contributed by atoms with Crippen molar-refractivity contribution in [2.75, 3.05) is 0 Å². The highest BCUT2D eigenvalue weighted by molar-refractivity contribution is 5.52. The Hall–Kier alpha value is -3.29. The summed E-state index contributed by atoms with van der Waals surface area (Å²) in [6.07, 6.45) is -2.16. The number of carbonyl (C=O) groups is 1. The van der Waals surface area contributed by atoms with E-state index in [1.165, 1.54) is 0 Å². The van der Waals surface area contributed by atoms with Gasteiger partial charge in [0.1, 0.15) is 0 Å². The summed E-state index contributed by atoms with van der Waals surface area (Å²) in [4.78, 5) is 12.8. The van der Waals surface area contributed by atoms with Gasteiger partial charge in [0, 0.05) is 232 Å². The predicted octanol–water partition coefficient (Wildman–Crippen LogP) is -5.49. The maximum Gasteiger partial charge on any atom is 0.281 e. The Balaban J connectivity index is 3.07. The molecule has 1 N–H and O–H groups in total. The third-order valence-electron chi connectivity index (χ3n) is 1.83. The van der Waals surface area contributed by atoms with Crippen LogP contribution in [0, 0.1) is 0 Å². The second-order valence-electron chi connectivity index (χ2n) is 4.63. The van der Waals surface area contributed by atoms with Crippen molar-refractivity contribution in [3.05, 3.63) is 0 Å². The summed E-state index contributed by atoms with van der Waals surface area (Å²) in [6.45, 7) is 0. The number of carbonyl (C=O) groups excluding carboxylic acids is 1. The largest absolute Gasteiger partial charge is 0.424 e. The van der Waals surface area contributed by atoms with Crippen LogP contribution in [0.2, 0.25) is 0 Å². The Bertz CT molecular complexity index is 862. The standard InChI is InChI=1S/CH2O67/c2-1(3)5-7-9-11-13-15-17-19-21-23-25-27-29-31-33-35-37-39-41-43-45-47-49-51-53-55-57-59-61-63-65-67-68-66-64-62-60-58-56-54-52-50-48-46-44-42-40-38-36-34-32-30-28-26-24-22-20-18-16-14-12-10-8-6-4/h4H,(H,2,3)/p-1. The normalized spacial score (nSPS) is 11.6. The van der Waals surface area contributed by atoms with E-state index in [9.17, 15) is 9.90 Å². The minimum atomic E-state index is -2.16. The summed E-state index contributed by atoms with van der Waals surface area (Å²) >= 11 is 0. The SMILES string of the molecule is O=C([O-])OOOOOOOOOOOOOOOOOOOOOOOOOOOOOOOOOOOOOOOOOOOOOOOOOOOOOOOOOOOOOOOOO. The van der Waals surface area contributed by atoms with Crippen LogP contribution in [0.3, 0.4) is 0 Å². The minimum Gasteiger partial charge on any atom is -0.424 e. The molecule has 0 aromatic heterocycles. The van der Waals surface area contributed by atoms with Crippen molar-refractivity contribution in [3.8, 4) is 0 Å². The average molecular weight is 1080 g/mol. The molecule has 0 rings (SSSR count). The minimum absolute atomic E-state index is 2.16. The first-order chi connectivity index (χ1) is 33.8. The van der Waals surface area contributed by atoms with Crippen LogP contribution in [0.15, 0.2) is 0 Å². The topological polar surface area (TPSA) is 651 Å². The van der Waals surface area contributed by atoms with Crippen LogP contribution < -0.4 is 5.11 Å². The van der Waals surface area contributed by atoms with Gasteiger partial charge in [-0.15, -0.1) is 0 Å². The highest BCUT2D eigenvalue weighted by Gasteiger charge is 2.06. The fourth-order valence-corrected chi connectivity index (χ4v) is 0.735. The van der Waals surface area contributed by atoms with E-state index in [-0.39, 0.29) is 0 Å².